The molecular weight excluding hydrogens is 398 g/mol. The molecule has 0 aliphatic carbocycles. The molecule has 30 heavy (non-hydrogen) atoms. The number of benzene rings is 2. The van der Waals surface area contributed by atoms with Gasteiger partial charge in [-0.3, -0.25) is 4.79 Å². The molecule has 6 nitrogen and oxygen atoms in total. The van der Waals surface area contributed by atoms with E-state index in [2.05, 4.69) is 23.5 Å². The van der Waals surface area contributed by atoms with Gasteiger partial charge < -0.3 is 10.2 Å². The summed E-state index contributed by atoms with van der Waals surface area (Å²) in [7, 11) is -3.49. The molecule has 2 N–H and O–H groups in total. The van der Waals surface area contributed by atoms with Gasteiger partial charge in [0.25, 0.3) is 5.91 Å². The Kier molecular flexibility index (Phi) is 6.32. The lowest BCUT2D eigenvalue weighted by Crippen LogP contribution is -3.13. The Balaban J connectivity index is 1.35. The smallest absolute Gasteiger partial charge is 0.279 e. The first kappa shape index (κ1) is 20.8. The van der Waals surface area contributed by atoms with Gasteiger partial charge in [-0.2, -0.15) is 4.31 Å². The summed E-state index contributed by atoms with van der Waals surface area (Å²) in [4.78, 5) is 14.0. The normalized spacial score (nSPS) is 20.0. The van der Waals surface area contributed by atoms with E-state index in [9.17, 15) is 13.2 Å². The molecule has 2 aromatic rings. The van der Waals surface area contributed by atoms with Crippen molar-refractivity contribution in [2.75, 3.05) is 38.0 Å². The summed E-state index contributed by atoms with van der Waals surface area (Å²) >= 11 is 0. The molecule has 1 unspecified atom stereocenters. The zero-order chi connectivity index (χ0) is 21.0. The molecule has 0 radical (unpaired) electrons. The molecule has 0 spiro atoms. The van der Waals surface area contributed by atoms with Crippen molar-refractivity contribution in [3.63, 3.8) is 0 Å². The van der Waals surface area contributed by atoms with Crippen molar-refractivity contribution in [1.82, 2.24) is 4.31 Å². The fourth-order valence-electron chi connectivity index (χ4n) is 4.10. The standard InChI is InChI=1S/C23H27N3O3S/c27-23(18-25-15-11-20(12-16-25)19-7-2-1-3-8-19)24-21-9-6-10-22(17-21)30(28,29)26-13-4-5-14-26/h1-3,6-11,17H,4-5,12-16,18H2,(H,24,27)/p+1. The lowest BCUT2D eigenvalue weighted by atomic mass is 10.00. The minimum Gasteiger partial charge on any atom is -0.324 e. The lowest BCUT2D eigenvalue weighted by molar-refractivity contribution is -0.886. The number of amides is 1. The number of rotatable bonds is 6. The number of hydrogen-bond acceptors (Lipinski definition) is 3. The van der Waals surface area contributed by atoms with E-state index < -0.39 is 10.0 Å². The highest BCUT2D eigenvalue weighted by molar-refractivity contribution is 7.89. The minimum atomic E-state index is -3.49. The molecule has 0 saturated carbocycles. The average Bonchev–Trinajstić information content (AvgIpc) is 3.31. The molecule has 7 heteroatoms. The first-order valence-corrected chi connectivity index (χ1v) is 11.9. The van der Waals surface area contributed by atoms with Gasteiger partial charge in [-0.05, 0) is 48.3 Å². The van der Waals surface area contributed by atoms with Crippen molar-refractivity contribution in [3.8, 4) is 0 Å². The van der Waals surface area contributed by atoms with E-state index in [4.69, 9.17) is 0 Å². The summed E-state index contributed by atoms with van der Waals surface area (Å²) in [5.41, 5.74) is 3.11. The summed E-state index contributed by atoms with van der Waals surface area (Å²) in [6.07, 6.45) is 4.95. The van der Waals surface area contributed by atoms with Crippen LogP contribution in [-0.4, -0.2) is 51.4 Å². The number of hydrogen-bond donors (Lipinski definition) is 2. The van der Waals surface area contributed by atoms with Gasteiger partial charge in [-0.25, -0.2) is 8.42 Å². The highest BCUT2D eigenvalue weighted by Crippen LogP contribution is 2.23. The zero-order valence-electron chi connectivity index (χ0n) is 17.0. The van der Waals surface area contributed by atoms with E-state index in [-0.39, 0.29) is 10.8 Å². The quantitative estimate of drug-likeness (QED) is 0.740. The van der Waals surface area contributed by atoms with Crippen molar-refractivity contribution >= 4 is 27.2 Å². The number of nitrogens with zero attached hydrogens (tertiary/aromatic N) is 1. The summed E-state index contributed by atoms with van der Waals surface area (Å²) in [6.45, 7) is 3.20. The SMILES string of the molecule is O=C(C[NH+]1CC=C(c2ccccc2)CC1)Nc1cccc(S(=O)(=O)N2CCCC2)c1. The van der Waals surface area contributed by atoms with Gasteiger partial charge in [0.2, 0.25) is 10.0 Å². The first-order valence-electron chi connectivity index (χ1n) is 10.5. The number of carbonyl (C=O) groups is 1. The minimum absolute atomic E-state index is 0.0997. The summed E-state index contributed by atoms with van der Waals surface area (Å²) in [5, 5.41) is 2.87. The molecular formula is C23H28N3O3S+. The van der Waals surface area contributed by atoms with Gasteiger partial charge in [-0.15, -0.1) is 0 Å². The van der Waals surface area contributed by atoms with Crippen LogP contribution in [0.3, 0.4) is 0 Å². The van der Waals surface area contributed by atoms with E-state index in [1.807, 2.05) is 18.2 Å². The molecule has 2 aromatic carbocycles. The third-order valence-electron chi connectivity index (χ3n) is 5.76. The number of quaternary nitrogens is 1. The zero-order valence-corrected chi connectivity index (χ0v) is 17.8. The summed E-state index contributed by atoms with van der Waals surface area (Å²) in [6, 6.07) is 16.9. The number of carbonyl (C=O) groups excluding carboxylic acids is 1. The Hall–Kier alpha value is -2.48. The molecule has 158 valence electrons. The Morgan fingerprint density at radius 2 is 1.80 bits per heavy atom. The predicted molar refractivity (Wildman–Crippen MR) is 118 cm³/mol. The molecule has 1 saturated heterocycles. The highest BCUT2D eigenvalue weighted by Gasteiger charge is 2.27. The van der Waals surface area contributed by atoms with Crippen LogP contribution in [0.5, 0.6) is 0 Å². The molecule has 4 rings (SSSR count). The van der Waals surface area contributed by atoms with Crippen LogP contribution in [0.15, 0.2) is 65.6 Å². The number of anilines is 1. The first-order chi connectivity index (χ1) is 14.5. The van der Waals surface area contributed by atoms with Gasteiger partial charge >= 0.3 is 0 Å². The second-order valence-corrected chi connectivity index (χ2v) is 9.85. The molecule has 0 bridgehead atoms. The molecule has 1 atom stereocenters. The second-order valence-electron chi connectivity index (χ2n) is 7.91. The number of nitrogens with one attached hydrogen (secondary N) is 2. The van der Waals surface area contributed by atoms with E-state index in [0.717, 1.165) is 32.4 Å². The van der Waals surface area contributed by atoms with Crippen LogP contribution in [0.25, 0.3) is 5.57 Å². The Labute approximate surface area is 178 Å². The van der Waals surface area contributed by atoms with Crippen LogP contribution in [0.2, 0.25) is 0 Å². The van der Waals surface area contributed by atoms with Crippen LogP contribution in [-0.2, 0) is 14.8 Å². The second kappa shape index (κ2) is 9.12. The van der Waals surface area contributed by atoms with Crippen molar-refractivity contribution in [1.29, 1.82) is 0 Å². The van der Waals surface area contributed by atoms with Crippen LogP contribution >= 0.6 is 0 Å². The van der Waals surface area contributed by atoms with E-state index in [1.54, 1.807) is 24.3 Å². The molecule has 2 aliphatic heterocycles. The van der Waals surface area contributed by atoms with Gasteiger partial charge in [0.05, 0.1) is 18.0 Å². The maximum Gasteiger partial charge on any atom is 0.279 e. The Morgan fingerprint density at radius 3 is 2.50 bits per heavy atom. The Bertz CT molecular complexity index is 1030. The van der Waals surface area contributed by atoms with Crippen molar-refractivity contribution in [2.24, 2.45) is 0 Å². The maximum atomic E-state index is 12.7. The van der Waals surface area contributed by atoms with Gasteiger partial charge in [0, 0.05) is 25.2 Å². The lowest BCUT2D eigenvalue weighted by Gasteiger charge is -2.23. The number of sulfonamides is 1. The van der Waals surface area contributed by atoms with Crippen molar-refractivity contribution in [3.05, 3.63) is 66.2 Å². The molecule has 1 fully saturated rings. The van der Waals surface area contributed by atoms with Crippen LogP contribution in [0.1, 0.15) is 24.8 Å². The molecule has 2 heterocycles. The van der Waals surface area contributed by atoms with Gasteiger partial charge in [-0.1, -0.05) is 36.4 Å². The van der Waals surface area contributed by atoms with Gasteiger partial charge in [0.15, 0.2) is 6.54 Å². The van der Waals surface area contributed by atoms with Crippen LogP contribution in [0, 0.1) is 0 Å². The van der Waals surface area contributed by atoms with Crippen molar-refractivity contribution < 1.29 is 18.1 Å². The molecule has 0 aromatic heterocycles. The third kappa shape index (κ3) is 4.80. The maximum absolute atomic E-state index is 12.7. The van der Waals surface area contributed by atoms with E-state index in [0.29, 0.717) is 25.3 Å². The third-order valence-corrected chi connectivity index (χ3v) is 7.66. The molecule has 2 aliphatic rings. The fraction of sp³-hybridized carbons (Fsp3) is 0.348. The monoisotopic (exact) mass is 426 g/mol. The topological polar surface area (TPSA) is 70.9 Å². The Morgan fingerprint density at radius 1 is 1.03 bits per heavy atom. The van der Waals surface area contributed by atoms with Crippen molar-refractivity contribution in [2.45, 2.75) is 24.2 Å². The van der Waals surface area contributed by atoms with Crippen LogP contribution < -0.4 is 10.2 Å². The largest absolute Gasteiger partial charge is 0.324 e. The average molecular weight is 427 g/mol. The summed E-state index contributed by atoms with van der Waals surface area (Å²) in [5.74, 6) is -0.0997. The summed E-state index contributed by atoms with van der Waals surface area (Å²) < 4.78 is 27.0. The molecule has 1 amide bonds. The fourth-order valence-corrected chi connectivity index (χ4v) is 5.67. The van der Waals surface area contributed by atoms with E-state index >= 15 is 0 Å². The predicted octanol–water partition coefficient (Wildman–Crippen LogP) is 1.78. The highest BCUT2D eigenvalue weighted by atomic mass is 32.2. The van der Waals surface area contributed by atoms with Crippen LogP contribution in [0.4, 0.5) is 5.69 Å². The van der Waals surface area contributed by atoms with Gasteiger partial charge in [0.1, 0.15) is 0 Å². The van der Waals surface area contributed by atoms with E-state index in [1.165, 1.54) is 20.3 Å².